The summed E-state index contributed by atoms with van der Waals surface area (Å²) in [6.45, 7) is 8.75. The van der Waals surface area contributed by atoms with Gasteiger partial charge >= 0.3 is 0 Å². The van der Waals surface area contributed by atoms with Crippen LogP contribution in [-0.4, -0.2) is 31.6 Å². The molecular weight excluding hydrogens is 210 g/mol. The van der Waals surface area contributed by atoms with Crippen molar-refractivity contribution in [2.45, 2.75) is 13.3 Å². The molecule has 0 aliphatic carbocycles. The Balaban J connectivity index is 2.26. The molecule has 0 saturated heterocycles. The maximum atomic E-state index is 5.77. The number of benzene rings is 1. The fourth-order valence-electron chi connectivity index (χ4n) is 1.68. The van der Waals surface area contributed by atoms with E-state index in [1.54, 1.807) is 0 Å². The predicted octanol–water partition coefficient (Wildman–Crippen LogP) is 2.50. The molecule has 0 atom stereocenters. The van der Waals surface area contributed by atoms with Crippen LogP contribution < -0.4 is 11.1 Å². The molecule has 0 aromatic heterocycles. The van der Waals surface area contributed by atoms with Gasteiger partial charge < -0.3 is 16.0 Å². The molecule has 1 aromatic rings. The molecule has 0 unspecified atom stereocenters. The van der Waals surface area contributed by atoms with Gasteiger partial charge in [0.2, 0.25) is 0 Å². The second-order valence-corrected chi connectivity index (χ2v) is 4.40. The first-order chi connectivity index (χ1) is 8.13. The predicted molar refractivity (Wildman–Crippen MR) is 76.4 cm³/mol. The van der Waals surface area contributed by atoms with Gasteiger partial charge in [-0.25, -0.2) is 0 Å². The fraction of sp³-hybridized carbons (Fsp3) is 0.429. The van der Waals surface area contributed by atoms with E-state index in [1.165, 1.54) is 0 Å². The number of rotatable bonds is 7. The lowest BCUT2D eigenvalue weighted by Crippen LogP contribution is -2.21. The number of nitrogens with two attached hydrogens (primary N) is 1. The van der Waals surface area contributed by atoms with E-state index in [4.69, 9.17) is 5.73 Å². The van der Waals surface area contributed by atoms with E-state index in [2.05, 4.69) is 29.9 Å². The van der Waals surface area contributed by atoms with Gasteiger partial charge in [-0.3, -0.25) is 0 Å². The minimum atomic E-state index is 0.848. The Morgan fingerprint density at radius 1 is 1.47 bits per heavy atom. The summed E-state index contributed by atoms with van der Waals surface area (Å²) < 4.78 is 0. The smallest absolute Gasteiger partial charge is 0.0345 e. The SMILES string of the molecule is C=CCN(C)CCCNc1ccc(N)c(C)c1. The summed E-state index contributed by atoms with van der Waals surface area (Å²) in [4.78, 5) is 2.25. The van der Waals surface area contributed by atoms with Crippen LogP contribution in [0.1, 0.15) is 12.0 Å². The third-order valence-electron chi connectivity index (χ3n) is 2.76. The molecule has 0 amide bonds. The summed E-state index contributed by atoms with van der Waals surface area (Å²) >= 11 is 0. The van der Waals surface area contributed by atoms with E-state index in [-0.39, 0.29) is 0 Å². The molecule has 0 heterocycles. The largest absolute Gasteiger partial charge is 0.399 e. The van der Waals surface area contributed by atoms with Crippen LogP contribution in [0.3, 0.4) is 0 Å². The Morgan fingerprint density at radius 3 is 2.88 bits per heavy atom. The topological polar surface area (TPSA) is 41.3 Å². The van der Waals surface area contributed by atoms with Crippen LogP contribution in [-0.2, 0) is 0 Å². The Bertz CT molecular complexity index is 360. The molecule has 3 N–H and O–H groups in total. The summed E-state index contributed by atoms with van der Waals surface area (Å²) in [6, 6.07) is 6.06. The lowest BCUT2D eigenvalue weighted by atomic mass is 10.2. The number of nitrogens with zero attached hydrogens (tertiary/aromatic N) is 1. The van der Waals surface area contributed by atoms with Gasteiger partial charge in [-0.15, -0.1) is 6.58 Å². The van der Waals surface area contributed by atoms with Gasteiger partial charge in [-0.05, 0) is 50.7 Å². The fourth-order valence-corrected chi connectivity index (χ4v) is 1.68. The summed E-state index contributed by atoms with van der Waals surface area (Å²) in [7, 11) is 2.11. The zero-order valence-electron chi connectivity index (χ0n) is 10.9. The van der Waals surface area contributed by atoms with Crippen molar-refractivity contribution in [3.05, 3.63) is 36.4 Å². The molecule has 0 aliphatic heterocycles. The highest BCUT2D eigenvalue weighted by Crippen LogP contribution is 2.16. The van der Waals surface area contributed by atoms with Crippen molar-refractivity contribution in [2.75, 3.05) is 37.7 Å². The van der Waals surface area contributed by atoms with Crippen molar-refractivity contribution in [3.8, 4) is 0 Å². The van der Waals surface area contributed by atoms with E-state index in [1.807, 2.05) is 25.1 Å². The molecule has 0 saturated carbocycles. The quantitative estimate of drug-likeness (QED) is 0.432. The van der Waals surface area contributed by atoms with E-state index in [9.17, 15) is 0 Å². The van der Waals surface area contributed by atoms with Gasteiger partial charge in [0, 0.05) is 24.5 Å². The highest BCUT2D eigenvalue weighted by atomic mass is 15.1. The summed E-state index contributed by atoms with van der Waals surface area (Å²) in [5.74, 6) is 0. The zero-order valence-corrected chi connectivity index (χ0v) is 10.9. The second-order valence-electron chi connectivity index (χ2n) is 4.40. The molecule has 3 heteroatoms. The lowest BCUT2D eigenvalue weighted by molar-refractivity contribution is 0.368. The second kappa shape index (κ2) is 6.97. The summed E-state index contributed by atoms with van der Waals surface area (Å²) in [5.41, 5.74) is 8.89. The third-order valence-corrected chi connectivity index (χ3v) is 2.76. The van der Waals surface area contributed by atoms with Crippen LogP contribution in [0.25, 0.3) is 0 Å². The molecular formula is C14H23N3. The third kappa shape index (κ3) is 4.91. The maximum Gasteiger partial charge on any atom is 0.0345 e. The zero-order chi connectivity index (χ0) is 12.7. The number of hydrogen-bond donors (Lipinski definition) is 2. The van der Waals surface area contributed by atoms with Crippen LogP contribution in [0.4, 0.5) is 11.4 Å². The minimum Gasteiger partial charge on any atom is -0.399 e. The monoisotopic (exact) mass is 233 g/mol. The molecule has 0 fully saturated rings. The lowest BCUT2D eigenvalue weighted by Gasteiger charge is -2.14. The van der Waals surface area contributed by atoms with E-state index in [0.717, 1.165) is 43.0 Å². The van der Waals surface area contributed by atoms with Crippen molar-refractivity contribution in [1.29, 1.82) is 0 Å². The molecule has 0 spiro atoms. The number of hydrogen-bond acceptors (Lipinski definition) is 3. The van der Waals surface area contributed by atoms with Crippen LogP contribution in [0, 0.1) is 6.92 Å². The van der Waals surface area contributed by atoms with Crippen molar-refractivity contribution >= 4 is 11.4 Å². The van der Waals surface area contributed by atoms with E-state index < -0.39 is 0 Å². The number of nitrogen functional groups attached to an aromatic ring is 1. The maximum absolute atomic E-state index is 5.77. The van der Waals surface area contributed by atoms with Crippen molar-refractivity contribution in [2.24, 2.45) is 0 Å². The number of anilines is 2. The minimum absolute atomic E-state index is 0.848. The van der Waals surface area contributed by atoms with Crippen LogP contribution >= 0.6 is 0 Å². The highest BCUT2D eigenvalue weighted by Gasteiger charge is 1.97. The first kappa shape index (κ1) is 13.6. The van der Waals surface area contributed by atoms with E-state index >= 15 is 0 Å². The average molecular weight is 233 g/mol. The normalized spacial score (nSPS) is 10.5. The van der Waals surface area contributed by atoms with Crippen molar-refractivity contribution < 1.29 is 0 Å². The van der Waals surface area contributed by atoms with Gasteiger partial charge in [-0.2, -0.15) is 0 Å². The Labute approximate surface area is 104 Å². The molecule has 3 nitrogen and oxygen atoms in total. The highest BCUT2D eigenvalue weighted by molar-refractivity contribution is 5.56. The molecule has 0 aliphatic rings. The number of aryl methyl sites for hydroxylation is 1. The number of nitrogens with one attached hydrogen (secondary N) is 1. The van der Waals surface area contributed by atoms with Gasteiger partial charge in [0.15, 0.2) is 0 Å². The molecule has 0 bridgehead atoms. The standard InChI is InChI=1S/C14H23N3/c1-4-9-17(3)10-5-8-16-13-6-7-14(15)12(2)11-13/h4,6-7,11,16H,1,5,8-10,15H2,2-3H3. The molecule has 1 aromatic carbocycles. The molecule has 1 rings (SSSR count). The van der Waals surface area contributed by atoms with Gasteiger partial charge in [0.25, 0.3) is 0 Å². The van der Waals surface area contributed by atoms with Crippen LogP contribution in [0.5, 0.6) is 0 Å². The number of likely N-dealkylation sites (N-methyl/N-ethyl adjacent to an activating group) is 1. The van der Waals surface area contributed by atoms with Crippen LogP contribution in [0.15, 0.2) is 30.9 Å². The average Bonchev–Trinajstić information content (AvgIpc) is 2.29. The Morgan fingerprint density at radius 2 is 2.24 bits per heavy atom. The van der Waals surface area contributed by atoms with Gasteiger partial charge in [-0.1, -0.05) is 6.08 Å². The van der Waals surface area contributed by atoms with Gasteiger partial charge in [0.05, 0.1) is 0 Å². The molecule has 94 valence electrons. The van der Waals surface area contributed by atoms with Crippen molar-refractivity contribution in [3.63, 3.8) is 0 Å². The summed E-state index contributed by atoms with van der Waals surface area (Å²) in [6.07, 6.45) is 3.05. The molecule has 0 radical (unpaired) electrons. The van der Waals surface area contributed by atoms with E-state index in [0.29, 0.717) is 0 Å². The van der Waals surface area contributed by atoms with Crippen molar-refractivity contribution in [1.82, 2.24) is 4.90 Å². The van der Waals surface area contributed by atoms with Gasteiger partial charge in [0.1, 0.15) is 0 Å². The Hall–Kier alpha value is -1.48. The first-order valence-electron chi connectivity index (χ1n) is 6.03. The van der Waals surface area contributed by atoms with Crippen LogP contribution in [0.2, 0.25) is 0 Å². The first-order valence-corrected chi connectivity index (χ1v) is 6.03. The Kier molecular flexibility index (Phi) is 5.57. The summed E-state index contributed by atoms with van der Waals surface area (Å²) in [5, 5.41) is 3.40. The molecule has 17 heavy (non-hydrogen) atoms.